The molecular formula is C17H19N4O+. The fourth-order valence-corrected chi connectivity index (χ4v) is 2.25. The molecule has 0 saturated carbocycles. The van der Waals surface area contributed by atoms with E-state index < -0.39 is 0 Å². The average molecular weight is 295 g/mol. The lowest BCUT2D eigenvalue weighted by Gasteiger charge is -2.07. The second-order valence-electron chi connectivity index (χ2n) is 5.53. The largest absolute Gasteiger partial charge is 0.503 e. The smallest absolute Gasteiger partial charge is 0.369 e. The van der Waals surface area contributed by atoms with E-state index in [2.05, 4.69) is 28.2 Å². The lowest BCUT2D eigenvalue weighted by Crippen LogP contribution is -2.28. The summed E-state index contributed by atoms with van der Waals surface area (Å²) in [7, 11) is 7.64. The average Bonchev–Trinajstić information content (AvgIpc) is 2.53. The van der Waals surface area contributed by atoms with Crippen LogP contribution in [0.2, 0.25) is 0 Å². The van der Waals surface area contributed by atoms with E-state index in [4.69, 9.17) is 4.42 Å². The van der Waals surface area contributed by atoms with Gasteiger partial charge in [0.05, 0.1) is 14.1 Å². The zero-order valence-electron chi connectivity index (χ0n) is 13.2. The molecule has 0 fully saturated rings. The fourth-order valence-electron chi connectivity index (χ4n) is 2.25. The van der Waals surface area contributed by atoms with Gasteiger partial charge in [0, 0.05) is 24.6 Å². The Morgan fingerprint density at radius 1 is 0.955 bits per heavy atom. The first-order valence-electron chi connectivity index (χ1n) is 7.11. The number of anilines is 1. The summed E-state index contributed by atoms with van der Waals surface area (Å²) in [6.07, 6.45) is 0. The Balaban J connectivity index is 2.33. The molecule has 1 heterocycles. The van der Waals surface area contributed by atoms with E-state index >= 15 is 0 Å². The zero-order chi connectivity index (χ0) is 15.7. The van der Waals surface area contributed by atoms with Gasteiger partial charge in [-0.25, -0.2) is 4.58 Å². The van der Waals surface area contributed by atoms with Crippen molar-refractivity contribution in [2.45, 2.75) is 0 Å². The highest BCUT2D eigenvalue weighted by molar-refractivity contribution is 5.94. The second kappa shape index (κ2) is 5.60. The molecule has 0 saturated heterocycles. The van der Waals surface area contributed by atoms with Crippen LogP contribution in [-0.4, -0.2) is 38.2 Å². The van der Waals surface area contributed by atoms with Crippen LogP contribution in [0.15, 0.2) is 46.9 Å². The molecule has 2 aromatic carbocycles. The molecule has 5 nitrogen and oxygen atoms in total. The lowest BCUT2D eigenvalue weighted by molar-refractivity contribution is 0.423. The van der Waals surface area contributed by atoms with Crippen LogP contribution in [0.25, 0.3) is 22.2 Å². The normalized spacial score (nSPS) is 10.7. The van der Waals surface area contributed by atoms with Gasteiger partial charge in [-0.2, -0.15) is 4.98 Å². The standard InChI is InChI=1S/C17H19N4O/c1-20(2)16-18-15(22-17(19-16)21(3)4)14-11-7-9-12-8-5-6-10-13(12)14/h5-11H,1-4H3/q+1. The third-order valence-corrected chi connectivity index (χ3v) is 3.39. The molecule has 112 valence electrons. The third kappa shape index (κ3) is 2.57. The van der Waals surface area contributed by atoms with E-state index in [0.29, 0.717) is 17.5 Å². The van der Waals surface area contributed by atoms with Crippen LogP contribution in [-0.2, 0) is 0 Å². The Morgan fingerprint density at radius 3 is 2.41 bits per heavy atom. The molecule has 3 aromatic rings. The number of hydrogen-bond acceptors (Lipinski definition) is 4. The van der Waals surface area contributed by atoms with E-state index in [9.17, 15) is 0 Å². The first-order valence-corrected chi connectivity index (χ1v) is 7.11. The van der Waals surface area contributed by atoms with E-state index in [1.807, 2.05) is 61.9 Å². The first kappa shape index (κ1) is 14.3. The van der Waals surface area contributed by atoms with Crippen molar-refractivity contribution in [1.82, 2.24) is 14.5 Å². The maximum absolute atomic E-state index is 5.90. The summed E-state index contributed by atoms with van der Waals surface area (Å²) in [6.45, 7) is 0. The molecule has 5 heteroatoms. The quantitative estimate of drug-likeness (QED) is 0.678. The third-order valence-electron chi connectivity index (χ3n) is 3.39. The molecule has 0 atom stereocenters. The summed E-state index contributed by atoms with van der Waals surface area (Å²) < 4.78 is 7.74. The minimum Gasteiger partial charge on any atom is -0.369 e. The summed E-state index contributed by atoms with van der Waals surface area (Å²) in [5.41, 5.74) is 1.49. The predicted octanol–water partition coefficient (Wildman–Crippen LogP) is 1.99. The molecular weight excluding hydrogens is 276 g/mol. The van der Waals surface area contributed by atoms with Gasteiger partial charge in [0.1, 0.15) is 0 Å². The van der Waals surface area contributed by atoms with Gasteiger partial charge in [-0.3, -0.25) is 0 Å². The van der Waals surface area contributed by atoms with Crippen LogP contribution in [0.3, 0.4) is 0 Å². The molecule has 0 N–H and O–H groups in total. The second-order valence-corrected chi connectivity index (χ2v) is 5.53. The SMILES string of the molecule is CN(C)c1nc(-c2cccc3ccccc23)oc(=[N+](C)C)n1. The molecule has 1 aromatic heterocycles. The van der Waals surface area contributed by atoms with Crippen molar-refractivity contribution < 1.29 is 4.42 Å². The maximum atomic E-state index is 5.90. The predicted molar refractivity (Wildman–Crippen MR) is 88.7 cm³/mol. The van der Waals surface area contributed by atoms with E-state index in [1.165, 1.54) is 0 Å². The van der Waals surface area contributed by atoms with Crippen LogP contribution in [0.5, 0.6) is 0 Å². The van der Waals surface area contributed by atoms with Crippen LogP contribution >= 0.6 is 0 Å². The molecule has 0 amide bonds. The molecule has 3 rings (SSSR count). The van der Waals surface area contributed by atoms with Gasteiger partial charge in [-0.15, -0.1) is 0 Å². The number of aromatic nitrogens is 2. The van der Waals surface area contributed by atoms with E-state index in [1.54, 1.807) is 0 Å². The van der Waals surface area contributed by atoms with Gasteiger partial charge >= 0.3 is 11.6 Å². The van der Waals surface area contributed by atoms with Gasteiger partial charge in [0.2, 0.25) is 5.89 Å². The topological polar surface area (TPSA) is 45.2 Å². The van der Waals surface area contributed by atoms with Crippen LogP contribution in [0.4, 0.5) is 5.95 Å². The molecule has 0 aliphatic carbocycles. The molecule has 0 spiro atoms. The Labute approximate surface area is 129 Å². The minimum atomic E-state index is 0.529. The molecule has 0 radical (unpaired) electrons. The van der Waals surface area contributed by atoms with Crippen LogP contribution in [0, 0.1) is 0 Å². The maximum Gasteiger partial charge on any atom is 0.503 e. The number of benzene rings is 2. The number of nitrogens with zero attached hydrogens (tertiary/aromatic N) is 4. The summed E-state index contributed by atoms with van der Waals surface area (Å²) >= 11 is 0. The van der Waals surface area contributed by atoms with Gasteiger partial charge in [-0.05, 0) is 16.8 Å². The Hall–Kier alpha value is -2.69. The van der Waals surface area contributed by atoms with Crippen molar-refractivity contribution in [2.75, 3.05) is 33.1 Å². The van der Waals surface area contributed by atoms with Gasteiger partial charge < -0.3 is 9.32 Å². The van der Waals surface area contributed by atoms with Gasteiger partial charge in [0.15, 0.2) is 0 Å². The van der Waals surface area contributed by atoms with Crippen molar-refractivity contribution in [3.63, 3.8) is 0 Å². The van der Waals surface area contributed by atoms with E-state index in [-0.39, 0.29) is 0 Å². The number of rotatable bonds is 2. The highest BCUT2D eigenvalue weighted by atomic mass is 16.4. The Bertz CT molecular complexity index is 887. The number of fused-ring (bicyclic) bond motifs is 1. The van der Waals surface area contributed by atoms with E-state index in [0.717, 1.165) is 16.3 Å². The fraction of sp³-hybridized carbons (Fsp3) is 0.235. The Morgan fingerprint density at radius 2 is 1.68 bits per heavy atom. The van der Waals surface area contributed by atoms with Gasteiger partial charge in [-0.1, -0.05) is 36.4 Å². The lowest BCUT2D eigenvalue weighted by atomic mass is 10.0. The molecule has 0 aliphatic rings. The molecule has 22 heavy (non-hydrogen) atoms. The van der Waals surface area contributed by atoms with Crippen LogP contribution < -0.4 is 15.2 Å². The van der Waals surface area contributed by atoms with Crippen molar-refractivity contribution in [1.29, 1.82) is 0 Å². The summed E-state index contributed by atoms with van der Waals surface area (Å²) in [5.74, 6) is 1.19. The molecule has 0 unspecified atom stereocenters. The first-order chi connectivity index (χ1) is 10.6. The molecule has 0 aliphatic heterocycles. The van der Waals surface area contributed by atoms with Crippen molar-refractivity contribution in [3.05, 3.63) is 48.1 Å². The van der Waals surface area contributed by atoms with Crippen molar-refractivity contribution in [2.24, 2.45) is 0 Å². The highest BCUT2D eigenvalue weighted by Crippen LogP contribution is 2.26. The number of hydrogen-bond donors (Lipinski definition) is 0. The summed E-state index contributed by atoms with van der Waals surface area (Å²) in [6, 6.07) is 14.3. The highest BCUT2D eigenvalue weighted by Gasteiger charge is 2.16. The summed E-state index contributed by atoms with van der Waals surface area (Å²) in [5, 5.41) is 2.27. The Kier molecular flexibility index (Phi) is 3.63. The minimum absolute atomic E-state index is 0.529. The van der Waals surface area contributed by atoms with Gasteiger partial charge in [0.25, 0.3) is 0 Å². The zero-order valence-corrected chi connectivity index (χ0v) is 13.2. The van der Waals surface area contributed by atoms with Crippen LogP contribution in [0.1, 0.15) is 0 Å². The van der Waals surface area contributed by atoms with Crippen molar-refractivity contribution in [3.8, 4) is 11.5 Å². The monoisotopic (exact) mass is 295 g/mol. The summed E-state index contributed by atoms with van der Waals surface area (Å²) in [4.78, 5) is 10.8. The van der Waals surface area contributed by atoms with Crippen molar-refractivity contribution >= 4 is 16.7 Å². The molecule has 0 bridgehead atoms.